The molecule has 7 heteroatoms. The highest BCUT2D eigenvalue weighted by molar-refractivity contribution is 7.10. The highest BCUT2D eigenvalue weighted by Crippen LogP contribution is 2.34. The average Bonchev–Trinajstić information content (AvgIpc) is 3.44. The van der Waals surface area contributed by atoms with Gasteiger partial charge in [-0.2, -0.15) is 0 Å². The lowest BCUT2D eigenvalue weighted by Crippen LogP contribution is -2.48. The molecule has 3 unspecified atom stereocenters. The molecule has 174 valence electrons. The Kier molecular flexibility index (Phi) is 7.84. The number of aliphatic hydroxyl groups excluding tert-OH is 1. The smallest absolute Gasteiger partial charge is 0.237 e. The van der Waals surface area contributed by atoms with Crippen LogP contribution in [0.4, 0.5) is 0 Å². The summed E-state index contributed by atoms with van der Waals surface area (Å²) >= 11 is 1.76. The highest BCUT2D eigenvalue weighted by atomic mass is 32.1. The molecule has 2 aliphatic rings. The molecule has 2 aliphatic heterocycles. The zero-order valence-corrected chi connectivity index (χ0v) is 19.9. The van der Waals surface area contributed by atoms with Crippen LogP contribution in [0, 0.1) is 6.92 Å². The second kappa shape index (κ2) is 10.8. The minimum absolute atomic E-state index is 0.0815. The molecule has 4 rings (SSSR count). The number of rotatable bonds is 9. The van der Waals surface area contributed by atoms with E-state index in [4.69, 9.17) is 9.47 Å². The normalized spacial score (nSPS) is 21.6. The number of hydrogen-bond acceptors (Lipinski definition) is 6. The largest absolute Gasteiger partial charge is 0.491 e. The van der Waals surface area contributed by atoms with Crippen molar-refractivity contribution in [3.05, 3.63) is 51.7 Å². The molecule has 2 aromatic rings. The molecule has 1 N–H and O–H groups in total. The number of thiophene rings is 1. The molecule has 1 fully saturated rings. The number of nitrogens with zero attached hydrogens (tertiary/aromatic N) is 2. The van der Waals surface area contributed by atoms with Crippen molar-refractivity contribution in [3.8, 4) is 5.75 Å². The van der Waals surface area contributed by atoms with Crippen LogP contribution in [0.2, 0.25) is 0 Å². The van der Waals surface area contributed by atoms with Gasteiger partial charge >= 0.3 is 0 Å². The number of amides is 1. The fourth-order valence-corrected chi connectivity index (χ4v) is 5.55. The van der Waals surface area contributed by atoms with Crippen molar-refractivity contribution in [3.63, 3.8) is 0 Å². The van der Waals surface area contributed by atoms with Gasteiger partial charge in [-0.3, -0.25) is 9.69 Å². The van der Waals surface area contributed by atoms with Crippen LogP contribution in [0.3, 0.4) is 0 Å². The molecule has 0 bridgehead atoms. The summed E-state index contributed by atoms with van der Waals surface area (Å²) in [4.78, 5) is 18.8. The van der Waals surface area contributed by atoms with E-state index in [0.29, 0.717) is 26.2 Å². The third-order valence-electron chi connectivity index (χ3n) is 6.21. The van der Waals surface area contributed by atoms with Crippen LogP contribution in [0.1, 0.15) is 41.8 Å². The van der Waals surface area contributed by atoms with E-state index in [1.807, 2.05) is 34.1 Å². The predicted molar refractivity (Wildman–Crippen MR) is 126 cm³/mol. The van der Waals surface area contributed by atoms with Crippen LogP contribution in [-0.4, -0.2) is 72.4 Å². The van der Waals surface area contributed by atoms with Crippen molar-refractivity contribution in [2.24, 2.45) is 0 Å². The SMILES string of the molecule is Cc1ccc(OCC2c3ccsc3CCN2C(=O)CN(CC(C)O)CC2CCCO2)cc1. The number of fused-ring (bicyclic) bond motifs is 1. The summed E-state index contributed by atoms with van der Waals surface area (Å²) in [7, 11) is 0. The van der Waals surface area contributed by atoms with Gasteiger partial charge in [0.25, 0.3) is 0 Å². The molecule has 3 atom stereocenters. The summed E-state index contributed by atoms with van der Waals surface area (Å²) in [6.07, 6.45) is 2.61. The molecule has 1 saturated heterocycles. The minimum atomic E-state index is -0.491. The van der Waals surface area contributed by atoms with Crippen molar-refractivity contribution >= 4 is 17.2 Å². The van der Waals surface area contributed by atoms with Crippen molar-refractivity contribution in [1.82, 2.24) is 9.80 Å². The number of hydrogen-bond donors (Lipinski definition) is 1. The molecule has 0 saturated carbocycles. The summed E-state index contributed by atoms with van der Waals surface area (Å²) in [5.74, 6) is 0.900. The third kappa shape index (κ3) is 5.90. The fraction of sp³-hybridized carbons (Fsp3) is 0.560. The fourth-order valence-electron chi connectivity index (χ4n) is 4.62. The van der Waals surface area contributed by atoms with E-state index in [0.717, 1.165) is 31.6 Å². The van der Waals surface area contributed by atoms with Crippen LogP contribution in [0.15, 0.2) is 35.7 Å². The first-order valence-electron chi connectivity index (χ1n) is 11.6. The van der Waals surface area contributed by atoms with Gasteiger partial charge in [0.15, 0.2) is 0 Å². The molecule has 1 aromatic carbocycles. The Morgan fingerprint density at radius 2 is 2.16 bits per heavy atom. The lowest BCUT2D eigenvalue weighted by molar-refractivity contribution is -0.136. The summed E-state index contributed by atoms with van der Waals surface area (Å²) < 4.78 is 11.9. The maximum Gasteiger partial charge on any atom is 0.237 e. The molecule has 0 spiro atoms. The Morgan fingerprint density at radius 3 is 2.88 bits per heavy atom. The van der Waals surface area contributed by atoms with Crippen molar-refractivity contribution in [2.75, 3.05) is 39.4 Å². The molecule has 3 heterocycles. The Morgan fingerprint density at radius 1 is 1.34 bits per heavy atom. The zero-order valence-electron chi connectivity index (χ0n) is 19.0. The maximum absolute atomic E-state index is 13.5. The lowest BCUT2D eigenvalue weighted by atomic mass is 10.0. The van der Waals surface area contributed by atoms with Crippen molar-refractivity contribution < 1.29 is 19.4 Å². The zero-order chi connectivity index (χ0) is 22.5. The summed E-state index contributed by atoms with van der Waals surface area (Å²) in [6.45, 7) is 7.16. The van der Waals surface area contributed by atoms with Crippen molar-refractivity contribution in [2.45, 2.75) is 51.4 Å². The second-order valence-electron chi connectivity index (χ2n) is 8.95. The Bertz CT molecular complexity index is 876. The van der Waals surface area contributed by atoms with Crippen LogP contribution in [0.5, 0.6) is 5.75 Å². The van der Waals surface area contributed by atoms with E-state index < -0.39 is 6.10 Å². The van der Waals surface area contributed by atoms with Crippen LogP contribution in [0.25, 0.3) is 0 Å². The molecule has 0 aliphatic carbocycles. The molecule has 0 radical (unpaired) electrons. The van der Waals surface area contributed by atoms with Gasteiger partial charge in [0.2, 0.25) is 5.91 Å². The average molecular weight is 459 g/mol. The third-order valence-corrected chi connectivity index (χ3v) is 7.21. The van der Waals surface area contributed by atoms with Gasteiger partial charge in [-0.05, 0) is 62.3 Å². The van der Waals surface area contributed by atoms with Crippen LogP contribution in [-0.2, 0) is 16.0 Å². The number of aryl methyl sites for hydroxylation is 1. The van der Waals surface area contributed by atoms with E-state index in [-0.39, 0.29) is 24.6 Å². The Hall–Kier alpha value is -1.93. The quantitative estimate of drug-likeness (QED) is 0.624. The standard InChI is InChI=1S/C25H34N2O4S/c1-18-5-7-20(8-6-18)31-17-23-22-10-13-32-24(22)9-11-27(23)25(29)16-26(14-19(2)28)15-21-4-3-12-30-21/h5-8,10,13,19,21,23,28H,3-4,9,11-12,14-17H2,1-2H3. The number of carbonyl (C=O) groups is 1. The van der Waals surface area contributed by atoms with E-state index >= 15 is 0 Å². The number of benzene rings is 1. The molecule has 6 nitrogen and oxygen atoms in total. The van der Waals surface area contributed by atoms with Gasteiger partial charge in [0, 0.05) is 31.1 Å². The Labute approximate surface area is 194 Å². The first kappa shape index (κ1) is 23.2. The lowest BCUT2D eigenvalue weighted by Gasteiger charge is -2.37. The summed E-state index contributed by atoms with van der Waals surface area (Å²) in [6, 6.07) is 10.1. The Balaban J connectivity index is 1.45. The molecular formula is C25H34N2O4S. The summed E-state index contributed by atoms with van der Waals surface area (Å²) in [5.41, 5.74) is 2.39. The topological polar surface area (TPSA) is 62.2 Å². The van der Waals surface area contributed by atoms with E-state index in [9.17, 15) is 9.90 Å². The molecule has 1 aromatic heterocycles. The number of aliphatic hydroxyl groups is 1. The second-order valence-corrected chi connectivity index (χ2v) is 9.95. The summed E-state index contributed by atoms with van der Waals surface area (Å²) in [5, 5.41) is 12.1. The predicted octanol–water partition coefficient (Wildman–Crippen LogP) is 3.42. The first-order valence-corrected chi connectivity index (χ1v) is 12.4. The minimum Gasteiger partial charge on any atom is -0.491 e. The van der Waals surface area contributed by atoms with Gasteiger partial charge in [-0.25, -0.2) is 0 Å². The van der Waals surface area contributed by atoms with Crippen LogP contribution >= 0.6 is 11.3 Å². The first-order chi connectivity index (χ1) is 15.5. The molecular weight excluding hydrogens is 424 g/mol. The van der Waals surface area contributed by atoms with Gasteiger partial charge < -0.3 is 19.5 Å². The van der Waals surface area contributed by atoms with E-state index in [2.05, 4.69) is 18.4 Å². The van der Waals surface area contributed by atoms with Crippen LogP contribution < -0.4 is 4.74 Å². The monoisotopic (exact) mass is 458 g/mol. The molecule has 32 heavy (non-hydrogen) atoms. The highest BCUT2D eigenvalue weighted by Gasteiger charge is 2.33. The van der Waals surface area contributed by atoms with Gasteiger partial charge in [0.1, 0.15) is 12.4 Å². The van der Waals surface area contributed by atoms with Crippen molar-refractivity contribution in [1.29, 1.82) is 0 Å². The molecule has 1 amide bonds. The number of ether oxygens (including phenoxy) is 2. The van der Waals surface area contributed by atoms with Gasteiger partial charge in [-0.1, -0.05) is 17.7 Å². The van der Waals surface area contributed by atoms with Gasteiger partial charge in [0.05, 0.1) is 24.8 Å². The van der Waals surface area contributed by atoms with Gasteiger partial charge in [-0.15, -0.1) is 11.3 Å². The van der Waals surface area contributed by atoms with E-state index in [1.54, 1.807) is 18.3 Å². The number of carbonyl (C=O) groups excluding carboxylic acids is 1. The van der Waals surface area contributed by atoms with E-state index in [1.165, 1.54) is 16.0 Å². The maximum atomic E-state index is 13.5.